The summed E-state index contributed by atoms with van der Waals surface area (Å²) in [6.45, 7) is 0.720. The molecule has 0 unspecified atom stereocenters. The Balaban J connectivity index is 3.15. The van der Waals surface area contributed by atoms with Crippen LogP contribution in [0, 0.1) is 0 Å². The van der Waals surface area contributed by atoms with Crippen LogP contribution in [-0.4, -0.2) is 41.7 Å². The van der Waals surface area contributed by atoms with Crippen molar-refractivity contribution in [3.05, 3.63) is 0 Å². The molecule has 0 bridgehead atoms. The van der Waals surface area contributed by atoms with Crippen molar-refractivity contribution in [3.8, 4) is 0 Å². The van der Waals surface area contributed by atoms with Gasteiger partial charge >= 0.3 is 5.97 Å². The topological polar surface area (TPSA) is 89.6 Å². The first-order valence-corrected chi connectivity index (χ1v) is 5.95. The zero-order chi connectivity index (χ0) is 10.1. The Labute approximate surface area is 83.8 Å². The fourth-order valence-corrected chi connectivity index (χ4v) is 2.34. The van der Waals surface area contributed by atoms with E-state index in [-0.39, 0.29) is 0 Å². The molecule has 0 saturated heterocycles. The smallest absolute Gasteiger partial charge is 0.321 e. The van der Waals surface area contributed by atoms with Gasteiger partial charge in [-0.2, -0.15) is 0 Å². The van der Waals surface area contributed by atoms with Crippen LogP contribution >= 0.6 is 21.6 Å². The van der Waals surface area contributed by atoms with Crippen LogP contribution in [-0.2, 0) is 14.3 Å². The third kappa shape index (κ3) is 7.94. The van der Waals surface area contributed by atoms with Crippen LogP contribution in [0.25, 0.3) is 0 Å². The molecule has 7 heteroatoms. The molecular weight excluding hydrogens is 214 g/mol. The third-order valence-electron chi connectivity index (χ3n) is 1.00. The van der Waals surface area contributed by atoms with Gasteiger partial charge in [-0.15, -0.1) is 0 Å². The van der Waals surface area contributed by atoms with E-state index in [0.29, 0.717) is 24.6 Å². The lowest BCUT2D eigenvalue weighted by Crippen LogP contribution is -2.32. The molecule has 5 nitrogen and oxygen atoms in total. The monoisotopic (exact) mass is 225 g/mol. The van der Waals surface area contributed by atoms with Crippen LogP contribution < -0.4 is 5.73 Å². The predicted octanol–water partition coefficient (Wildman–Crippen LogP) is -0.0473. The summed E-state index contributed by atoms with van der Waals surface area (Å²) in [5.41, 5.74) is 5.24. The van der Waals surface area contributed by atoms with E-state index in [9.17, 15) is 9.59 Å². The van der Waals surface area contributed by atoms with Crippen molar-refractivity contribution in [2.75, 3.05) is 18.1 Å². The Morgan fingerprint density at radius 1 is 1.62 bits per heavy atom. The summed E-state index contributed by atoms with van der Waals surface area (Å²) in [6.07, 6.45) is 0. The number of ether oxygens (including phenoxy) is 1. The van der Waals surface area contributed by atoms with Crippen molar-refractivity contribution in [1.29, 1.82) is 0 Å². The highest BCUT2D eigenvalue weighted by atomic mass is 33.1. The first-order valence-electron chi connectivity index (χ1n) is 3.46. The molecule has 13 heavy (non-hydrogen) atoms. The molecule has 0 aromatic heterocycles. The maximum atomic E-state index is 10.2. The molecular formula is C6H11NO4S2. The largest absolute Gasteiger partial charge is 0.480 e. The van der Waals surface area contributed by atoms with E-state index in [0.717, 1.165) is 0 Å². The van der Waals surface area contributed by atoms with Gasteiger partial charge < -0.3 is 15.6 Å². The predicted molar refractivity (Wildman–Crippen MR) is 52.5 cm³/mol. The number of rotatable bonds is 8. The Morgan fingerprint density at radius 2 is 2.31 bits per heavy atom. The molecule has 0 aromatic rings. The second kappa shape index (κ2) is 8.21. The minimum atomic E-state index is -1.00. The summed E-state index contributed by atoms with van der Waals surface area (Å²) in [5.74, 6) is -0.0196. The molecule has 0 fully saturated rings. The Morgan fingerprint density at radius 3 is 2.85 bits per heavy atom. The zero-order valence-electron chi connectivity index (χ0n) is 6.84. The molecule has 0 heterocycles. The summed E-state index contributed by atoms with van der Waals surface area (Å²) in [6, 6.07) is -0.829. The van der Waals surface area contributed by atoms with Crippen molar-refractivity contribution in [1.82, 2.24) is 0 Å². The molecule has 0 spiro atoms. The van der Waals surface area contributed by atoms with Gasteiger partial charge in [-0.05, 0) is 0 Å². The minimum Gasteiger partial charge on any atom is -0.480 e. The molecule has 0 aliphatic heterocycles. The van der Waals surface area contributed by atoms with Gasteiger partial charge in [0.1, 0.15) is 12.6 Å². The number of nitrogens with two attached hydrogens (primary N) is 1. The van der Waals surface area contributed by atoms with E-state index < -0.39 is 12.0 Å². The number of carboxylic acid groups (broad SMARTS) is 1. The SMILES string of the molecule is N[C@H](CSSCCOC=O)C(=O)O. The van der Waals surface area contributed by atoms with Crippen LogP contribution in [0.4, 0.5) is 0 Å². The first-order chi connectivity index (χ1) is 6.18. The maximum absolute atomic E-state index is 10.2. The second-order valence-electron chi connectivity index (χ2n) is 2.02. The summed E-state index contributed by atoms with van der Waals surface area (Å²) >= 11 is 0. The van der Waals surface area contributed by atoms with Crippen molar-refractivity contribution >= 4 is 34.0 Å². The number of carbonyl (C=O) groups is 2. The van der Waals surface area contributed by atoms with E-state index in [1.807, 2.05) is 0 Å². The van der Waals surface area contributed by atoms with Gasteiger partial charge in [-0.1, -0.05) is 21.6 Å². The lowest BCUT2D eigenvalue weighted by Gasteiger charge is -2.04. The number of carboxylic acids is 1. The molecule has 0 aromatic carbocycles. The molecule has 1 atom stereocenters. The summed E-state index contributed by atoms with van der Waals surface area (Å²) < 4.78 is 4.43. The maximum Gasteiger partial charge on any atom is 0.321 e. The fraction of sp³-hybridized carbons (Fsp3) is 0.667. The Hall–Kier alpha value is -0.400. The lowest BCUT2D eigenvalue weighted by atomic mass is 10.4. The van der Waals surface area contributed by atoms with Crippen LogP contribution in [0.1, 0.15) is 0 Å². The third-order valence-corrected chi connectivity index (χ3v) is 3.40. The lowest BCUT2D eigenvalue weighted by molar-refractivity contribution is -0.138. The van der Waals surface area contributed by atoms with E-state index >= 15 is 0 Å². The Kier molecular flexibility index (Phi) is 7.96. The average molecular weight is 225 g/mol. The second-order valence-corrected chi connectivity index (χ2v) is 4.65. The van der Waals surface area contributed by atoms with Crippen LogP contribution in [0.2, 0.25) is 0 Å². The highest BCUT2D eigenvalue weighted by Crippen LogP contribution is 2.20. The minimum absolute atomic E-state index is 0.337. The van der Waals surface area contributed by atoms with Gasteiger partial charge in [0, 0.05) is 11.5 Å². The van der Waals surface area contributed by atoms with E-state index in [1.165, 1.54) is 21.6 Å². The summed E-state index contributed by atoms with van der Waals surface area (Å²) in [5, 5.41) is 8.40. The average Bonchev–Trinajstić information content (AvgIpc) is 2.10. The van der Waals surface area contributed by atoms with Gasteiger partial charge in [0.05, 0.1) is 0 Å². The quantitative estimate of drug-likeness (QED) is 0.340. The van der Waals surface area contributed by atoms with E-state index in [2.05, 4.69) is 4.74 Å². The number of aliphatic carboxylic acids is 1. The molecule has 0 saturated carbocycles. The first kappa shape index (κ1) is 12.6. The van der Waals surface area contributed by atoms with Gasteiger partial charge in [-0.25, -0.2) is 0 Å². The summed E-state index contributed by atoms with van der Waals surface area (Å²) in [7, 11) is 2.78. The molecule has 0 rings (SSSR count). The highest BCUT2D eigenvalue weighted by Gasteiger charge is 2.10. The van der Waals surface area contributed by atoms with Gasteiger partial charge in [0.25, 0.3) is 6.47 Å². The molecule has 0 aliphatic rings. The van der Waals surface area contributed by atoms with E-state index in [4.69, 9.17) is 10.8 Å². The standard InChI is InChI=1S/C6H11NO4S2/c7-5(6(9)10)3-13-12-2-1-11-4-8/h4-5H,1-3,7H2,(H,9,10)/t5-/m1/s1. The number of carbonyl (C=O) groups excluding carboxylic acids is 1. The van der Waals surface area contributed by atoms with Crippen LogP contribution in [0.5, 0.6) is 0 Å². The normalized spacial score (nSPS) is 12.1. The van der Waals surface area contributed by atoms with E-state index in [1.54, 1.807) is 0 Å². The summed E-state index contributed by atoms with van der Waals surface area (Å²) in [4.78, 5) is 19.9. The van der Waals surface area contributed by atoms with Crippen LogP contribution in [0.3, 0.4) is 0 Å². The molecule has 0 radical (unpaired) electrons. The van der Waals surface area contributed by atoms with Crippen molar-refractivity contribution in [3.63, 3.8) is 0 Å². The van der Waals surface area contributed by atoms with Crippen molar-refractivity contribution in [2.45, 2.75) is 6.04 Å². The number of hydrogen-bond donors (Lipinski definition) is 2. The van der Waals surface area contributed by atoms with Gasteiger partial charge in [0.15, 0.2) is 0 Å². The van der Waals surface area contributed by atoms with Crippen LogP contribution in [0.15, 0.2) is 0 Å². The molecule has 0 amide bonds. The highest BCUT2D eigenvalue weighted by molar-refractivity contribution is 8.76. The zero-order valence-corrected chi connectivity index (χ0v) is 8.47. The fourth-order valence-electron chi connectivity index (χ4n) is 0.382. The number of hydrogen-bond acceptors (Lipinski definition) is 6. The Bertz CT molecular complexity index is 167. The van der Waals surface area contributed by atoms with Gasteiger partial charge in [-0.3, -0.25) is 9.59 Å². The van der Waals surface area contributed by atoms with Crippen molar-refractivity contribution in [2.24, 2.45) is 5.73 Å². The molecule has 0 aliphatic carbocycles. The molecule has 3 N–H and O–H groups in total. The molecule has 76 valence electrons. The van der Waals surface area contributed by atoms with Crippen molar-refractivity contribution < 1.29 is 19.4 Å². The van der Waals surface area contributed by atoms with Gasteiger partial charge in [0.2, 0.25) is 0 Å².